The van der Waals surface area contributed by atoms with E-state index >= 15 is 0 Å². The van der Waals surface area contributed by atoms with Crippen molar-refractivity contribution in [1.82, 2.24) is 4.98 Å². The third-order valence-corrected chi connectivity index (χ3v) is 2.34. The molecule has 0 unspecified atom stereocenters. The van der Waals surface area contributed by atoms with Gasteiger partial charge in [-0.1, -0.05) is 23.7 Å². The molecule has 0 aliphatic heterocycles. The molecule has 3 N–H and O–H groups in total. The molecule has 4 heteroatoms. The molecule has 1 aromatic carbocycles. The van der Waals surface area contributed by atoms with Crippen molar-refractivity contribution in [2.75, 3.05) is 0 Å². The second-order valence-electron chi connectivity index (χ2n) is 2.91. The van der Waals surface area contributed by atoms with Gasteiger partial charge in [0.25, 0.3) is 0 Å². The second kappa shape index (κ2) is 3.27. The van der Waals surface area contributed by atoms with Crippen LogP contribution in [-0.4, -0.2) is 10.8 Å². The summed E-state index contributed by atoms with van der Waals surface area (Å²) in [5, 5.41) is 9.69. The maximum atomic E-state index is 7.36. The predicted molar refractivity (Wildman–Crippen MR) is 57.8 cm³/mol. The molecule has 0 atom stereocenters. The average Bonchev–Trinajstić information content (AvgIpc) is 2.17. The van der Waals surface area contributed by atoms with Crippen molar-refractivity contribution in [3.05, 3.63) is 41.2 Å². The Hall–Kier alpha value is -1.61. The van der Waals surface area contributed by atoms with Crippen LogP contribution in [0.3, 0.4) is 0 Å². The number of rotatable bonds is 1. The van der Waals surface area contributed by atoms with E-state index in [1.807, 2.05) is 18.2 Å². The molecule has 0 bridgehead atoms. The second-order valence-corrected chi connectivity index (χ2v) is 3.32. The molecule has 0 saturated carbocycles. The van der Waals surface area contributed by atoms with E-state index in [9.17, 15) is 0 Å². The van der Waals surface area contributed by atoms with Gasteiger partial charge in [-0.15, -0.1) is 0 Å². The fraction of sp³-hybridized carbons (Fsp3) is 0. The van der Waals surface area contributed by atoms with Crippen LogP contribution in [0.5, 0.6) is 0 Å². The van der Waals surface area contributed by atoms with Gasteiger partial charge in [0.15, 0.2) is 0 Å². The Kier molecular flexibility index (Phi) is 2.09. The van der Waals surface area contributed by atoms with Crippen LogP contribution in [0, 0.1) is 5.41 Å². The lowest BCUT2D eigenvalue weighted by molar-refractivity contribution is 1.28. The highest BCUT2D eigenvalue weighted by molar-refractivity contribution is 6.35. The van der Waals surface area contributed by atoms with Crippen molar-refractivity contribution < 1.29 is 0 Å². The van der Waals surface area contributed by atoms with E-state index in [4.69, 9.17) is 22.7 Å². The lowest BCUT2D eigenvalue weighted by atomic mass is 10.1. The average molecular weight is 206 g/mol. The summed E-state index contributed by atoms with van der Waals surface area (Å²) in [4.78, 5) is 4.04. The SMILES string of the molecule is N=C(N)c1nccc2c(Cl)cccc12. The number of nitrogens with one attached hydrogen (secondary N) is 1. The molecule has 2 rings (SSSR count). The van der Waals surface area contributed by atoms with Gasteiger partial charge < -0.3 is 5.73 Å². The molecule has 0 radical (unpaired) electrons. The minimum atomic E-state index is -0.0436. The lowest BCUT2D eigenvalue weighted by Crippen LogP contribution is -2.13. The minimum absolute atomic E-state index is 0.0436. The van der Waals surface area contributed by atoms with E-state index in [0.717, 1.165) is 10.8 Å². The van der Waals surface area contributed by atoms with E-state index in [2.05, 4.69) is 4.98 Å². The zero-order chi connectivity index (χ0) is 10.1. The molecule has 3 nitrogen and oxygen atoms in total. The number of nitrogens with zero attached hydrogens (tertiary/aromatic N) is 1. The highest BCUT2D eigenvalue weighted by atomic mass is 35.5. The van der Waals surface area contributed by atoms with Crippen LogP contribution in [0.4, 0.5) is 0 Å². The molecule has 1 heterocycles. The fourth-order valence-electron chi connectivity index (χ4n) is 1.38. The van der Waals surface area contributed by atoms with Crippen LogP contribution in [0.15, 0.2) is 30.5 Å². The van der Waals surface area contributed by atoms with Gasteiger partial charge in [0, 0.05) is 22.0 Å². The Morgan fingerprint density at radius 2 is 2.07 bits per heavy atom. The summed E-state index contributed by atoms with van der Waals surface area (Å²) in [7, 11) is 0. The van der Waals surface area contributed by atoms with Gasteiger partial charge >= 0.3 is 0 Å². The number of fused-ring (bicyclic) bond motifs is 1. The Labute approximate surface area is 86.0 Å². The third-order valence-electron chi connectivity index (χ3n) is 2.01. The number of benzene rings is 1. The first-order valence-electron chi connectivity index (χ1n) is 4.08. The first-order valence-corrected chi connectivity index (χ1v) is 4.45. The summed E-state index contributed by atoms with van der Waals surface area (Å²) in [5.74, 6) is -0.0436. The van der Waals surface area contributed by atoms with Gasteiger partial charge in [-0.25, -0.2) is 0 Å². The van der Waals surface area contributed by atoms with Gasteiger partial charge in [0.05, 0.1) is 0 Å². The van der Waals surface area contributed by atoms with Crippen LogP contribution >= 0.6 is 11.6 Å². The zero-order valence-electron chi connectivity index (χ0n) is 7.29. The number of pyridine rings is 1. The number of amidine groups is 1. The van der Waals surface area contributed by atoms with Crippen LogP contribution in [-0.2, 0) is 0 Å². The van der Waals surface area contributed by atoms with Crippen molar-refractivity contribution in [2.24, 2.45) is 5.73 Å². The van der Waals surface area contributed by atoms with Crippen molar-refractivity contribution >= 4 is 28.2 Å². The summed E-state index contributed by atoms with van der Waals surface area (Å²) in [6.07, 6.45) is 1.60. The standard InChI is InChI=1S/C10H8ClN3/c11-8-3-1-2-7-6(8)4-5-14-9(7)10(12)13/h1-5H,(H3,12,13). The van der Waals surface area contributed by atoms with E-state index in [0.29, 0.717) is 10.7 Å². The fourth-order valence-corrected chi connectivity index (χ4v) is 1.62. The molecule has 0 saturated heterocycles. The Morgan fingerprint density at radius 1 is 1.29 bits per heavy atom. The van der Waals surface area contributed by atoms with E-state index in [1.54, 1.807) is 12.3 Å². The number of hydrogen-bond acceptors (Lipinski definition) is 2. The Bertz CT molecular complexity index is 508. The number of hydrogen-bond donors (Lipinski definition) is 2. The maximum Gasteiger partial charge on any atom is 0.142 e. The maximum absolute atomic E-state index is 7.36. The van der Waals surface area contributed by atoms with E-state index in [1.165, 1.54) is 0 Å². The first-order chi connectivity index (χ1) is 6.70. The molecule has 0 aliphatic rings. The molecular formula is C10H8ClN3. The Morgan fingerprint density at radius 3 is 2.79 bits per heavy atom. The first kappa shape index (κ1) is 8.97. The molecule has 2 aromatic rings. The summed E-state index contributed by atoms with van der Waals surface area (Å²) >= 11 is 5.99. The van der Waals surface area contributed by atoms with Crippen molar-refractivity contribution in [3.63, 3.8) is 0 Å². The Balaban J connectivity index is 2.88. The quantitative estimate of drug-likeness (QED) is 0.554. The monoisotopic (exact) mass is 205 g/mol. The van der Waals surface area contributed by atoms with Gasteiger partial charge in [-0.2, -0.15) is 0 Å². The molecule has 14 heavy (non-hydrogen) atoms. The van der Waals surface area contributed by atoms with Crippen LogP contribution in [0.25, 0.3) is 10.8 Å². The highest BCUT2D eigenvalue weighted by Gasteiger charge is 2.06. The van der Waals surface area contributed by atoms with Gasteiger partial charge in [-0.05, 0) is 12.1 Å². The van der Waals surface area contributed by atoms with Gasteiger partial charge in [0.2, 0.25) is 0 Å². The molecular weight excluding hydrogens is 198 g/mol. The van der Waals surface area contributed by atoms with Crippen molar-refractivity contribution in [2.45, 2.75) is 0 Å². The molecule has 70 valence electrons. The number of nitrogen functional groups attached to an aromatic ring is 1. The number of nitrogens with two attached hydrogens (primary N) is 1. The molecule has 0 aliphatic carbocycles. The minimum Gasteiger partial charge on any atom is -0.382 e. The van der Waals surface area contributed by atoms with Gasteiger partial charge in [-0.3, -0.25) is 10.4 Å². The molecule has 0 fully saturated rings. The van der Waals surface area contributed by atoms with Crippen LogP contribution in [0.1, 0.15) is 5.69 Å². The third kappa shape index (κ3) is 1.32. The smallest absolute Gasteiger partial charge is 0.142 e. The molecule has 1 aromatic heterocycles. The summed E-state index contributed by atoms with van der Waals surface area (Å²) in [6.45, 7) is 0. The lowest BCUT2D eigenvalue weighted by Gasteiger charge is -2.04. The molecule has 0 amide bonds. The number of aromatic nitrogens is 1. The van der Waals surface area contributed by atoms with Crippen molar-refractivity contribution in [3.8, 4) is 0 Å². The van der Waals surface area contributed by atoms with Crippen LogP contribution < -0.4 is 5.73 Å². The van der Waals surface area contributed by atoms with E-state index in [-0.39, 0.29) is 5.84 Å². The molecule has 0 spiro atoms. The normalized spacial score (nSPS) is 10.4. The summed E-state index contributed by atoms with van der Waals surface area (Å²) in [6, 6.07) is 7.28. The van der Waals surface area contributed by atoms with Crippen LogP contribution in [0.2, 0.25) is 5.02 Å². The summed E-state index contributed by atoms with van der Waals surface area (Å²) in [5.41, 5.74) is 5.88. The summed E-state index contributed by atoms with van der Waals surface area (Å²) < 4.78 is 0. The highest BCUT2D eigenvalue weighted by Crippen LogP contribution is 2.24. The topological polar surface area (TPSA) is 62.8 Å². The largest absolute Gasteiger partial charge is 0.382 e. The number of halogens is 1. The van der Waals surface area contributed by atoms with E-state index < -0.39 is 0 Å². The van der Waals surface area contributed by atoms with Crippen molar-refractivity contribution in [1.29, 1.82) is 5.41 Å². The zero-order valence-corrected chi connectivity index (χ0v) is 8.05. The predicted octanol–water partition coefficient (Wildman–Crippen LogP) is 2.17. The van der Waals surface area contributed by atoms with Gasteiger partial charge in [0.1, 0.15) is 11.5 Å².